The summed E-state index contributed by atoms with van der Waals surface area (Å²) in [6.07, 6.45) is 4.84. The third kappa shape index (κ3) is 1.95. The molecule has 0 aliphatic carbocycles. The summed E-state index contributed by atoms with van der Waals surface area (Å²) in [6.45, 7) is 2.02. The summed E-state index contributed by atoms with van der Waals surface area (Å²) in [5.74, 6) is 1.40. The highest BCUT2D eigenvalue weighted by Crippen LogP contribution is 2.38. The van der Waals surface area contributed by atoms with Crippen LogP contribution in [-0.4, -0.2) is 28.3 Å². The minimum Gasteiger partial charge on any atom is -0.456 e. The summed E-state index contributed by atoms with van der Waals surface area (Å²) in [5, 5.41) is 0.231. The van der Waals surface area contributed by atoms with Gasteiger partial charge >= 0.3 is 0 Å². The Hall–Kier alpha value is -0.960. The largest absolute Gasteiger partial charge is 0.456 e. The molecule has 2 bridgehead atoms. The van der Waals surface area contributed by atoms with E-state index in [1.165, 1.54) is 0 Å². The molecule has 3 rings (SSSR count). The van der Waals surface area contributed by atoms with Crippen molar-refractivity contribution in [2.45, 2.75) is 56.5 Å². The third-order valence-electron chi connectivity index (χ3n) is 4.13. The van der Waals surface area contributed by atoms with Gasteiger partial charge in [0.2, 0.25) is 0 Å². The van der Waals surface area contributed by atoms with Gasteiger partial charge < -0.3 is 9.32 Å². The van der Waals surface area contributed by atoms with Gasteiger partial charge in [0.05, 0.1) is 0 Å². The Morgan fingerprint density at radius 2 is 2.06 bits per heavy atom. The molecule has 0 spiro atoms. The molecule has 1 aromatic heterocycles. The number of hydrogen-bond donors (Lipinski definition) is 0. The number of carbonyl (C=O) groups is 1. The Morgan fingerprint density at radius 1 is 1.39 bits per heavy atom. The molecule has 1 aromatic rings. The van der Waals surface area contributed by atoms with Gasteiger partial charge in [-0.25, -0.2) is 0 Å². The van der Waals surface area contributed by atoms with Crippen molar-refractivity contribution < 1.29 is 9.21 Å². The number of nitrogens with zero attached hydrogens (tertiary/aromatic N) is 1. The van der Waals surface area contributed by atoms with Crippen LogP contribution in [0.2, 0.25) is 0 Å². The average molecular weight is 268 g/mol. The molecule has 0 saturated carbocycles. The van der Waals surface area contributed by atoms with E-state index in [9.17, 15) is 4.79 Å². The van der Waals surface area contributed by atoms with Crippen LogP contribution in [0.25, 0.3) is 0 Å². The van der Waals surface area contributed by atoms with Crippen molar-refractivity contribution in [3.05, 3.63) is 23.7 Å². The van der Waals surface area contributed by atoms with E-state index in [1.807, 2.05) is 17.9 Å². The van der Waals surface area contributed by atoms with Crippen LogP contribution in [0.15, 0.2) is 16.5 Å². The quantitative estimate of drug-likeness (QED) is 0.771. The maximum Gasteiger partial charge on any atom is 0.290 e. The van der Waals surface area contributed by atoms with Crippen LogP contribution in [0.3, 0.4) is 0 Å². The number of hydrogen-bond acceptors (Lipinski definition) is 2. The number of fused-ring (bicyclic) bond motifs is 2. The van der Waals surface area contributed by atoms with Crippen LogP contribution in [0.5, 0.6) is 0 Å². The van der Waals surface area contributed by atoms with Gasteiger partial charge in [-0.2, -0.15) is 0 Å². The molecule has 3 nitrogen and oxygen atoms in total. The van der Waals surface area contributed by atoms with E-state index in [-0.39, 0.29) is 11.3 Å². The van der Waals surface area contributed by atoms with Gasteiger partial charge in [0.25, 0.3) is 5.91 Å². The minimum atomic E-state index is 0.0470. The van der Waals surface area contributed by atoms with Crippen molar-refractivity contribution in [2.24, 2.45) is 0 Å². The van der Waals surface area contributed by atoms with E-state index in [1.54, 1.807) is 6.07 Å². The summed E-state index contributed by atoms with van der Waals surface area (Å²) in [4.78, 5) is 14.5. The van der Waals surface area contributed by atoms with Gasteiger partial charge in [0.15, 0.2) is 5.76 Å². The summed E-state index contributed by atoms with van der Waals surface area (Å²) in [5.41, 5.74) is 0. The summed E-state index contributed by atoms with van der Waals surface area (Å²) in [7, 11) is 0. The van der Waals surface area contributed by atoms with E-state index < -0.39 is 0 Å². The van der Waals surface area contributed by atoms with E-state index in [2.05, 4.69) is 0 Å². The van der Waals surface area contributed by atoms with Crippen LogP contribution >= 0.6 is 11.6 Å². The van der Waals surface area contributed by atoms with Gasteiger partial charge in [0, 0.05) is 23.9 Å². The van der Waals surface area contributed by atoms with Crippen molar-refractivity contribution in [2.75, 3.05) is 0 Å². The number of furan rings is 1. The number of amides is 1. The molecule has 0 aromatic carbocycles. The highest BCUT2D eigenvalue weighted by molar-refractivity contribution is 6.20. The molecule has 0 radical (unpaired) electrons. The zero-order valence-electron chi connectivity index (χ0n) is 10.6. The Bertz CT molecular complexity index is 442. The maximum absolute atomic E-state index is 12.5. The van der Waals surface area contributed by atoms with Gasteiger partial charge in [-0.15, -0.1) is 11.6 Å². The topological polar surface area (TPSA) is 33.5 Å². The molecular formula is C14H18ClNO2. The van der Waals surface area contributed by atoms with Crippen molar-refractivity contribution in [3.8, 4) is 0 Å². The lowest BCUT2D eigenvalue weighted by Crippen LogP contribution is -2.46. The SMILES string of the molecule is CCc1ccc(C(=O)N2C3CCC2CC(Cl)C3)o1. The lowest BCUT2D eigenvalue weighted by atomic mass is 10.0. The summed E-state index contributed by atoms with van der Waals surface area (Å²) >= 11 is 6.23. The fraction of sp³-hybridized carbons (Fsp3) is 0.643. The fourth-order valence-corrected chi connectivity index (χ4v) is 3.66. The molecule has 4 heteroatoms. The number of rotatable bonds is 2. The number of aryl methyl sites for hydroxylation is 1. The molecule has 3 heterocycles. The van der Waals surface area contributed by atoms with Crippen LogP contribution in [0.1, 0.15) is 48.9 Å². The Kier molecular flexibility index (Phi) is 3.10. The second-order valence-corrected chi connectivity index (χ2v) is 5.90. The smallest absolute Gasteiger partial charge is 0.290 e. The first-order valence-electron chi connectivity index (χ1n) is 6.74. The van der Waals surface area contributed by atoms with Crippen molar-refractivity contribution in [1.82, 2.24) is 4.90 Å². The third-order valence-corrected chi connectivity index (χ3v) is 4.49. The number of halogens is 1. The maximum atomic E-state index is 12.5. The predicted molar refractivity (Wildman–Crippen MR) is 69.9 cm³/mol. The van der Waals surface area contributed by atoms with Crippen molar-refractivity contribution in [1.29, 1.82) is 0 Å². The average Bonchev–Trinajstić information content (AvgIpc) is 2.92. The van der Waals surface area contributed by atoms with E-state index in [0.717, 1.165) is 37.9 Å². The lowest BCUT2D eigenvalue weighted by molar-refractivity contribution is 0.0565. The van der Waals surface area contributed by atoms with E-state index in [4.69, 9.17) is 16.0 Å². The summed E-state index contributed by atoms with van der Waals surface area (Å²) in [6, 6.07) is 4.32. The molecule has 0 N–H and O–H groups in total. The molecule has 2 aliphatic rings. The normalized spacial score (nSPS) is 30.8. The monoisotopic (exact) mass is 267 g/mol. The highest BCUT2D eigenvalue weighted by Gasteiger charge is 2.43. The molecular weight excluding hydrogens is 250 g/mol. The molecule has 2 fully saturated rings. The highest BCUT2D eigenvalue weighted by atomic mass is 35.5. The lowest BCUT2D eigenvalue weighted by Gasteiger charge is -2.36. The molecule has 2 aliphatic heterocycles. The standard InChI is InChI=1S/C14H18ClNO2/c1-2-12-5-6-13(18-12)14(17)16-10-3-4-11(16)8-9(15)7-10/h5-6,9-11H,2-4,7-8H2,1H3. The first-order valence-corrected chi connectivity index (χ1v) is 7.18. The Morgan fingerprint density at radius 3 is 2.61 bits per heavy atom. The van der Waals surface area contributed by atoms with Gasteiger partial charge in [-0.3, -0.25) is 4.79 Å². The predicted octanol–water partition coefficient (Wildman–Crippen LogP) is 3.22. The minimum absolute atomic E-state index is 0.0470. The number of alkyl halides is 1. The van der Waals surface area contributed by atoms with Crippen LogP contribution in [0, 0.1) is 0 Å². The van der Waals surface area contributed by atoms with Crippen LogP contribution in [0.4, 0.5) is 0 Å². The Labute approximate surface area is 112 Å². The second-order valence-electron chi connectivity index (χ2n) is 5.29. The molecule has 2 atom stereocenters. The van der Waals surface area contributed by atoms with Crippen LogP contribution in [-0.2, 0) is 6.42 Å². The summed E-state index contributed by atoms with van der Waals surface area (Å²) < 4.78 is 5.57. The van der Waals surface area contributed by atoms with Crippen LogP contribution < -0.4 is 0 Å². The molecule has 2 unspecified atom stereocenters. The van der Waals surface area contributed by atoms with Gasteiger partial charge in [-0.05, 0) is 37.8 Å². The van der Waals surface area contributed by atoms with E-state index >= 15 is 0 Å². The molecule has 1 amide bonds. The van der Waals surface area contributed by atoms with Gasteiger partial charge in [0.1, 0.15) is 5.76 Å². The van der Waals surface area contributed by atoms with E-state index in [0.29, 0.717) is 17.8 Å². The Balaban J connectivity index is 1.81. The fourth-order valence-electron chi connectivity index (χ4n) is 3.25. The first kappa shape index (κ1) is 12.1. The zero-order chi connectivity index (χ0) is 12.7. The number of piperidine rings is 1. The molecule has 18 heavy (non-hydrogen) atoms. The first-order chi connectivity index (χ1) is 8.69. The zero-order valence-corrected chi connectivity index (χ0v) is 11.3. The number of carbonyl (C=O) groups excluding carboxylic acids is 1. The second kappa shape index (κ2) is 4.61. The molecule has 98 valence electrons. The molecule has 2 saturated heterocycles. The van der Waals surface area contributed by atoms with Crippen molar-refractivity contribution in [3.63, 3.8) is 0 Å². The van der Waals surface area contributed by atoms with Gasteiger partial charge in [-0.1, -0.05) is 6.92 Å². The van der Waals surface area contributed by atoms with Crippen molar-refractivity contribution >= 4 is 17.5 Å².